The number of β-amino-alcohol motifs (C(OH)–C–C–N with tert-alkyl or cyclic N) is 1. The molecule has 2 aromatic carbocycles. The Labute approximate surface area is 245 Å². The lowest BCUT2D eigenvalue weighted by molar-refractivity contribution is -0.136. The molecule has 42 heavy (non-hydrogen) atoms. The Morgan fingerprint density at radius 2 is 2.02 bits per heavy atom. The molecule has 1 saturated heterocycles. The van der Waals surface area contributed by atoms with E-state index in [1.54, 1.807) is 6.20 Å². The normalized spacial score (nSPS) is 23.2. The molecule has 1 aromatic heterocycles. The molecule has 218 valence electrons. The third-order valence-electron chi connectivity index (χ3n) is 7.77. The van der Waals surface area contributed by atoms with E-state index in [4.69, 9.17) is 9.47 Å². The molecule has 9 heteroatoms. The highest BCUT2D eigenvalue weighted by Crippen LogP contribution is 2.31. The first-order valence-electron chi connectivity index (χ1n) is 14.4. The van der Waals surface area contributed by atoms with Crippen LogP contribution in [-0.4, -0.2) is 59.4 Å². The maximum absolute atomic E-state index is 13.0. The number of pyridine rings is 1. The number of rotatable bonds is 7. The van der Waals surface area contributed by atoms with Gasteiger partial charge in [0.05, 0.1) is 12.7 Å². The smallest absolute Gasteiger partial charge is 0.311 e. The van der Waals surface area contributed by atoms with E-state index < -0.39 is 23.7 Å². The number of nitrogens with zero attached hydrogens (tertiary/aromatic N) is 2. The second-order valence-corrected chi connectivity index (χ2v) is 11.4. The molecule has 3 N–H and O–H groups in total. The van der Waals surface area contributed by atoms with Crippen molar-refractivity contribution >= 4 is 11.9 Å². The first-order valence-corrected chi connectivity index (χ1v) is 14.4. The van der Waals surface area contributed by atoms with Crippen LogP contribution in [0.4, 0.5) is 0 Å². The van der Waals surface area contributed by atoms with Crippen LogP contribution in [0.2, 0.25) is 0 Å². The minimum Gasteiger partial charge on any atom is -0.426 e. The van der Waals surface area contributed by atoms with Crippen molar-refractivity contribution in [3.05, 3.63) is 83.7 Å². The molecule has 0 radical (unpaired) electrons. The van der Waals surface area contributed by atoms with E-state index >= 15 is 0 Å². The summed E-state index contributed by atoms with van der Waals surface area (Å²) in [6.45, 7) is 2.52. The van der Waals surface area contributed by atoms with Gasteiger partial charge in [-0.2, -0.15) is 5.26 Å². The summed E-state index contributed by atoms with van der Waals surface area (Å²) in [4.78, 5) is 29.3. The van der Waals surface area contributed by atoms with E-state index in [9.17, 15) is 20.0 Å². The van der Waals surface area contributed by atoms with E-state index in [1.165, 1.54) is 0 Å². The lowest BCUT2D eigenvalue weighted by atomic mass is 9.93. The molecular weight excluding hydrogens is 532 g/mol. The fourth-order valence-corrected chi connectivity index (χ4v) is 5.39. The number of carbonyl (C=O) groups excluding carboxylic acids is 2. The van der Waals surface area contributed by atoms with Crippen molar-refractivity contribution in [1.82, 2.24) is 15.6 Å². The van der Waals surface area contributed by atoms with Crippen molar-refractivity contribution < 1.29 is 24.2 Å². The van der Waals surface area contributed by atoms with Crippen LogP contribution in [0.1, 0.15) is 36.6 Å². The minimum atomic E-state index is -1.20. The lowest BCUT2D eigenvalue weighted by Gasteiger charge is -2.25. The highest BCUT2D eigenvalue weighted by Gasteiger charge is 2.35. The van der Waals surface area contributed by atoms with Crippen molar-refractivity contribution in [3.8, 4) is 22.9 Å². The second-order valence-electron chi connectivity index (χ2n) is 11.4. The molecule has 9 nitrogen and oxygen atoms in total. The monoisotopic (exact) mass is 568 g/mol. The van der Waals surface area contributed by atoms with Gasteiger partial charge in [0, 0.05) is 44.2 Å². The van der Waals surface area contributed by atoms with Crippen LogP contribution < -0.4 is 15.4 Å². The highest BCUT2D eigenvalue weighted by atomic mass is 16.5. The molecule has 3 aromatic rings. The molecule has 4 unspecified atom stereocenters. The average Bonchev–Trinajstić information content (AvgIpc) is 3.17. The van der Waals surface area contributed by atoms with Crippen molar-refractivity contribution in [2.75, 3.05) is 19.7 Å². The maximum Gasteiger partial charge on any atom is 0.311 e. The Hall–Kier alpha value is -4.10. The topological polar surface area (TPSA) is 134 Å². The first-order chi connectivity index (χ1) is 20.3. The number of hydrogen-bond acceptors (Lipinski definition) is 8. The molecule has 1 fully saturated rings. The van der Waals surface area contributed by atoms with Crippen LogP contribution in [0, 0.1) is 17.2 Å². The Morgan fingerprint density at radius 1 is 1.21 bits per heavy atom. The molecule has 2 aliphatic rings. The number of nitrogens with one attached hydrogen (secondary N) is 2. The summed E-state index contributed by atoms with van der Waals surface area (Å²) in [7, 11) is 0. The van der Waals surface area contributed by atoms with E-state index in [0.717, 1.165) is 40.8 Å². The zero-order valence-corrected chi connectivity index (χ0v) is 23.7. The van der Waals surface area contributed by atoms with Crippen LogP contribution in [0.15, 0.2) is 66.9 Å². The number of hydrogen-bond donors (Lipinski definition) is 3. The predicted octanol–water partition coefficient (Wildman–Crippen LogP) is 3.14. The maximum atomic E-state index is 13.0. The third-order valence-corrected chi connectivity index (χ3v) is 7.77. The molecule has 3 heterocycles. The molecule has 4 atom stereocenters. The fraction of sp³-hybridized carbons (Fsp3) is 0.394. The number of aromatic nitrogens is 1. The number of aryl methyl sites for hydroxylation is 1. The summed E-state index contributed by atoms with van der Waals surface area (Å²) in [6.07, 6.45) is 3.69. The van der Waals surface area contributed by atoms with Crippen molar-refractivity contribution in [3.63, 3.8) is 0 Å². The molecule has 0 bridgehead atoms. The molecule has 0 spiro atoms. The van der Waals surface area contributed by atoms with Gasteiger partial charge in [-0.25, -0.2) is 0 Å². The Bertz CT molecular complexity index is 1440. The van der Waals surface area contributed by atoms with Crippen molar-refractivity contribution in [2.24, 2.45) is 5.92 Å². The predicted molar refractivity (Wildman–Crippen MR) is 156 cm³/mol. The first kappa shape index (κ1) is 29.4. The number of esters is 1. The van der Waals surface area contributed by atoms with Crippen molar-refractivity contribution in [2.45, 2.75) is 56.8 Å². The minimum absolute atomic E-state index is 0.0303. The van der Waals surface area contributed by atoms with Gasteiger partial charge in [0.1, 0.15) is 23.5 Å². The van der Waals surface area contributed by atoms with Crippen LogP contribution in [0.25, 0.3) is 11.1 Å². The molecule has 0 saturated carbocycles. The number of carbonyl (C=O) groups is 2. The summed E-state index contributed by atoms with van der Waals surface area (Å²) >= 11 is 0. The quantitative estimate of drug-likeness (QED) is 0.293. The number of amides is 1. The third kappa shape index (κ3) is 7.59. The Kier molecular flexibility index (Phi) is 9.28. The van der Waals surface area contributed by atoms with E-state index in [0.29, 0.717) is 25.0 Å². The number of fused-ring (bicyclic) bond motifs is 1. The SMILES string of the molecule is CC1CCc2cc(-c3ccc(CC(C#N)NC(=O)C4CNCC(O)(Cc5ccccn5)CO4)cc3)ccc2OC(=O)C1. The van der Waals surface area contributed by atoms with Gasteiger partial charge < -0.3 is 25.2 Å². The van der Waals surface area contributed by atoms with Gasteiger partial charge in [-0.1, -0.05) is 43.3 Å². The summed E-state index contributed by atoms with van der Waals surface area (Å²) < 4.78 is 11.3. The van der Waals surface area contributed by atoms with Crippen molar-refractivity contribution in [1.29, 1.82) is 5.26 Å². The zero-order chi connectivity index (χ0) is 29.5. The van der Waals surface area contributed by atoms with E-state index in [-0.39, 0.29) is 31.6 Å². The van der Waals surface area contributed by atoms with E-state index in [1.807, 2.05) is 54.6 Å². The summed E-state index contributed by atoms with van der Waals surface area (Å²) in [5.74, 6) is 0.325. The molecule has 2 aliphatic heterocycles. The lowest BCUT2D eigenvalue weighted by Crippen LogP contribution is -2.46. The number of benzene rings is 2. The summed E-state index contributed by atoms with van der Waals surface area (Å²) in [5.41, 5.74) is 3.51. The van der Waals surface area contributed by atoms with Gasteiger partial charge in [0.15, 0.2) is 0 Å². The van der Waals surface area contributed by atoms with Crippen LogP contribution in [0.5, 0.6) is 5.75 Å². The molecule has 5 rings (SSSR count). The number of aliphatic hydroxyl groups is 1. The van der Waals surface area contributed by atoms with Gasteiger partial charge in [0.2, 0.25) is 0 Å². The zero-order valence-electron chi connectivity index (χ0n) is 23.7. The Morgan fingerprint density at radius 3 is 2.79 bits per heavy atom. The largest absolute Gasteiger partial charge is 0.426 e. The molecule has 0 aliphatic carbocycles. The highest BCUT2D eigenvalue weighted by molar-refractivity contribution is 5.81. The van der Waals surface area contributed by atoms with Crippen LogP contribution >= 0.6 is 0 Å². The summed E-state index contributed by atoms with van der Waals surface area (Å²) in [6, 6.07) is 20.7. The fourth-order valence-electron chi connectivity index (χ4n) is 5.39. The number of nitriles is 1. The Balaban J connectivity index is 1.17. The molecular formula is C33H36N4O5. The van der Waals surface area contributed by atoms with Gasteiger partial charge in [-0.3, -0.25) is 14.6 Å². The van der Waals surface area contributed by atoms with Crippen LogP contribution in [0.3, 0.4) is 0 Å². The summed E-state index contributed by atoms with van der Waals surface area (Å²) in [5, 5.41) is 26.7. The van der Waals surface area contributed by atoms with E-state index in [2.05, 4.69) is 34.7 Å². The second kappa shape index (κ2) is 13.3. The average molecular weight is 569 g/mol. The van der Waals surface area contributed by atoms with Gasteiger partial charge in [-0.05, 0) is 65.3 Å². The van der Waals surface area contributed by atoms with Gasteiger partial charge in [0.25, 0.3) is 5.91 Å². The van der Waals surface area contributed by atoms with Gasteiger partial charge >= 0.3 is 5.97 Å². The van der Waals surface area contributed by atoms with Gasteiger partial charge in [-0.15, -0.1) is 0 Å². The van der Waals surface area contributed by atoms with Crippen LogP contribution in [-0.2, 0) is 33.6 Å². The molecule has 1 amide bonds. The number of ether oxygens (including phenoxy) is 2. The standard InChI is InChI=1S/C33H36N4O5/c1-22-5-8-26-16-25(11-12-29(26)42-31(38)14-22)24-9-6-23(7-10-24)15-28(18-34)37-32(39)30-19-35-20-33(40,21-41-30)17-27-4-2-3-13-36-27/h2-4,6-7,9-13,16,22,28,30,35,40H,5,8,14-15,17,19-21H2,1H3,(H,37,39).